The van der Waals surface area contributed by atoms with Gasteiger partial charge in [-0.25, -0.2) is 0 Å². The zero-order chi connectivity index (χ0) is 17.9. The Morgan fingerprint density at radius 2 is 1.96 bits per heavy atom. The van der Waals surface area contributed by atoms with Crippen LogP contribution >= 0.6 is 0 Å². The smallest absolute Gasteiger partial charge is 0.416 e. The van der Waals surface area contributed by atoms with Crippen LogP contribution in [0.5, 0.6) is 5.75 Å². The maximum Gasteiger partial charge on any atom is 0.416 e. The molecule has 7 heteroatoms. The molecule has 126 valence electrons. The van der Waals surface area contributed by atoms with Crippen LogP contribution in [0.25, 0.3) is 11.1 Å². The minimum atomic E-state index is -4.54. The number of H-pyrrole nitrogens is 1. The molecule has 0 radical (unpaired) electrons. The van der Waals surface area contributed by atoms with Crippen molar-refractivity contribution in [1.29, 1.82) is 5.26 Å². The van der Waals surface area contributed by atoms with Gasteiger partial charge in [0, 0.05) is 16.8 Å². The first-order chi connectivity index (χ1) is 11.3. The summed E-state index contributed by atoms with van der Waals surface area (Å²) in [5.41, 5.74) is -1.14. The molecule has 0 fully saturated rings. The Labute approximate surface area is 136 Å². The number of rotatable bonds is 4. The number of alkyl halides is 3. The number of benzene rings is 1. The van der Waals surface area contributed by atoms with Crippen LogP contribution in [0.15, 0.2) is 29.1 Å². The summed E-state index contributed by atoms with van der Waals surface area (Å²) in [4.78, 5) is 14.4. The molecule has 2 rings (SSSR count). The van der Waals surface area contributed by atoms with Gasteiger partial charge in [0.05, 0.1) is 12.2 Å². The zero-order valence-corrected chi connectivity index (χ0v) is 13.1. The van der Waals surface area contributed by atoms with Crippen molar-refractivity contribution in [2.24, 2.45) is 0 Å². The summed E-state index contributed by atoms with van der Waals surface area (Å²) >= 11 is 0. The number of nitrogens with one attached hydrogen (secondary N) is 1. The molecule has 4 nitrogen and oxygen atoms in total. The number of aryl methyl sites for hydroxylation is 1. The average molecular weight is 336 g/mol. The Kier molecular flexibility index (Phi) is 4.98. The third kappa shape index (κ3) is 3.59. The molecule has 1 heterocycles. The number of aromatic nitrogens is 1. The van der Waals surface area contributed by atoms with Crippen molar-refractivity contribution in [3.05, 3.63) is 51.4 Å². The van der Waals surface area contributed by atoms with Crippen LogP contribution in [0, 0.1) is 18.3 Å². The van der Waals surface area contributed by atoms with Crippen LogP contribution in [0.1, 0.15) is 30.2 Å². The Morgan fingerprint density at radius 1 is 1.25 bits per heavy atom. The summed E-state index contributed by atoms with van der Waals surface area (Å²) in [6.45, 7) is 3.76. The molecule has 1 aromatic heterocycles. The van der Waals surface area contributed by atoms with Gasteiger partial charge < -0.3 is 9.72 Å². The number of nitriles is 1. The Bertz CT molecular complexity index is 848. The van der Waals surface area contributed by atoms with Gasteiger partial charge in [-0.05, 0) is 37.6 Å². The lowest BCUT2D eigenvalue weighted by molar-refractivity contribution is -0.137. The van der Waals surface area contributed by atoms with Crippen LogP contribution in [0.4, 0.5) is 13.2 Å². The van der Waals surface area contributed by atoms with Crippen LogP contribution in [0.2, 0.25) is 0 Å². The quantitative estimate of drug-likeness (QED) is 0.917. The number of pyridine rings is 1. The number of hydrogen-bond acceptors (Lipinski definition) is 3. The first-order valence-electron chi connectivity index (χ1n) is 7.26. The van der Waals surface area contributed by atoms with Gasteiger partial charge in [0.15, 0.2) is 0 Å². The van der Waals surface area contributed by atoms with Crippen LogP contribution in [-0.4, -0.2) is 11.6 Å². The van der Waals surface area contributed by atoms with Gasteiger partial charge in [0.25, 0.3) is 5.56 Å². The molecule has 0 spiro atoms. The van der Waals surface area contributed by atoms with Crippen molar-refractivity contribution in [2.75, 3.05) is 6.61 Å². The van der Waals surface area contributed by atoms with Gasteiger partial charge in [0.2, 0.25) is 0 Å². The second-order valence-electron chi connectivity index (χ2n) is 5.24. The molecule has 0 aliphatic carbocycles. The van der Waals surface area contributed by atoms with Gasteiger partial charge in [-0.2, -0.15) is 18.4 Å². The van der Waals surface area contributed by atoms with Gasteiger partial charge >= 0.3 is 6.18 Å². The van der Waals surface area contributed by atoms with Crippen molar-refractivity contribution in [1.82, 2.24) is 4.98 Å². The van der Waals surface area contributed by atoms with E-state index in [1.165, 1.54) is 12.1 Å². The molecule has 24 heavy (non-hydrogen) atoms. The molecule has 0 amide bonds. The van der Waals surface area contributed by atoms with Gasteiger partial charge in [0.1, 0.15) is 17.4 Å². The molecule has 1 aromatic carbocycles. The minimum Gasteiger partial charge on any atom is -0.493 e. The first kappa shape index (κ1) is 17.6. The predicted molar refractivity (Wildman–Crippen MR) is 82.7 cm³/mol. The highest BCUT2D eigenvalue weighted by Gasteiger charge is 2.31. The summed E-state index contributed by atoms with van der Waals surface area (Å²) in [6.07, 6.45) is -3.87. The normalized spacial score (nSPS) is 11.2. The summed E-state index contributed by atoms with van der Waals surface area (Å²) in [6, 6.07) is 6.25. The van der Waals surface area contributed by atoms with Crippen LogP contribution < -0.4 is 10.3 Å². The standard InChI is InChI=1S/C17H15F3N2O2/c1-3-6-24-15-5-4-11(17(18,19)20)8-13(15)12-7-10(2)22-16(23)14(12)9-21/h4-5,7-8H,3,6H2,1-2H3,(H,22,23). The van der Waals surface area contributed by atoms with E-state index >= 15 is 0 Å². The fourth-order valence-corrected chi connectivity index (χ4v) is 2.27. The van der Waals surface area contributed by atoms with Crippen molar-refractivity contribution in [3.8, 4) is 22.9 Å². The molecule has 0 bridgehead atoms. The Balaban J connectivity index is 2.76. The number of ether oxygens (including phenoxy) is 1. The summed E-state index contributed by atoms with van der Waals surface area (Å²) in [5.74, 6) is 0.200. The molecule has 2 aromatic rings. The molecule has 0 aliphatic heterocycles. The summed E-state index contributed by atoms with van der Waals surface area (Å²) < 4.78 is 44.6. The van der Waals surface area contributed by atoms with Gasteiger partial charge in [-0.15, -0.1) is 0 Å². The van der Waals surface area contributed by atoms with Gasteiger partial charge in [-0.3, -0.25) is 4.79 Å². The van der Waals surface area contributed by atoms with E-state index in [2.05, 4.69) is 4.98 Å². The summed E-state index contributed by atoms with van der Waals surface area (Å²) in [7, 11) is 0. The monoisotopic (exact) mass is 336 g/mol. The molecule has 0 saturated carbocycles. The fourth-order valence-electron chi connectivity index (χ4n) is 2.27. The number of aromatic amines is 1. The lowest BCUT2D eigenvalue weighted by Crippen LogP contribution is -2.13. The Hall–Kier alpha value is -2.75. The van der Waals surface area contributed by atoms with Gasteiger partial charge in [-0.1, -0.05) is 6.92 Å². The number of hydrogen-bond donors (Lipinski definition) is 1. The molecular formula is C17H15F3N2O2. The first-order valence-corrected chi connectivity index (χ1v) is 7.26. The molecule has 1 N–H and O–H groups in total. The summed E-state index contributed by atoms with van der Waals surface area (Å²) in [5, 5.41) is 9.21. The minimum absolute atomic E-state index is 0.0732. The second-order valence-corrected chi connectivity index (χ2v) is 5.24. The third-order valence-electron chi connectivity index (χ3n) is 3.34. The highest BCUT2D eigenvalue weighted by atomic mass is 19.4. The van der Waals surface area contributed by atoms with E-state index in [-0.39, 0.29) is 22.4 Å². The fraction of sp³-hybridized carbons (Fsp3) is 0.294. The van der Waals surface area contributed by atoms with Crippen molar-refractivity contribution < 1.29 is 17.9 Å². The molecular weight excluding hydrogens is 321 g/mol. The maximum absolute atomic E-state index is 13.0. The molecule has 0 saturated heterocycles. The molecule has 0 aliphatic rings. The van der Waals surface area contributed by atoms with Crippen LogP contribution in [0.3, 0.4) is 0 Å². The van der Waals surface area contributed by atoms with Crippen molar-refractivity contribution >= 4 is 0 Å². The van der Waals surface area contributed by atoms with E-state index < -0.39 is 17.3 Å². The predicted octanol–water partition coefficient (Wildman–Crippen LogP) is 4.03. The lowest BCUT2D eigenvalue weighted by atomic mass is 9.98. The second kappa shape index (κ2) is 6.79. The van der Waals surface area contributed by atoms with Crippen LogP contribution in [-0.2, 0) is 6.18 Å². The maximum atomic E-state index is 13.0. The van der Waals surface area contributed by atoms with E-state index in [9.17, 15) is 23.2 Å². The van der Waals surface area contributed by atoms with Crippen molar-refractivity contribution in [3.63, 3.8) is 0 Å². The van der Waals surface area contributed by atoms with E-state index in [1.54, 1.807) is 13.0 Å². The van der Waals surface area contributed by atoms with E-state index in [0.717, 1.165) is 12.1 Å². The SMILES string of the molecule is CCCOc1ccc(C(F)(F)F)cc1-c1cc(C)[nH]c(=O)c1C#N. The third-order valence-corrected chi connectivity index (χ3v) is 3.34. The van der Waals surface area contributed by atoms with E-state index in [4.69, 9.17) is 4.74 Å². The largest absolute Gasteiger partial charge is 0.493 e. The van der Waals surface area contributed by atoms with E-state index in [1.807, 2.05) is 6.92 Å². The van der Waals surface area contributed by atoms with Crippen molar-refractivity contribution in [2.45, 2.75) is 26.4 Å². The number of halogens is 3. The molecule has 0 atom stereocenters. The van der Waals surface area contributed by atoms with E-state index in [0.29, 0.717) is 18.7 Å². The molecule has 0 unspecified atom stereocenters. The highest BCUT2D eigenvalue weighted by Crippen LogP contribution is 2.38. The number of nitrogens with zero attached hydrogens (tertiary/aromatic N) is 1. The lowest BCUT2D eigenvalue weighted by Gasteiger charge is -2.15. The zero-order valence-electron chi connectivity index (χ0n) is 13.1. The Morgan fingerprint density at radius 3 is 2.54 bits per heavy atom. The topological polar surface area (TPSA) is 65.9 Å². The average Bonchev–Trinajstić information content (AvgIpc) is 2.51. The highest BCUT2D eigenvalue weighted by molar-refractivity contribution is 5.76.